The highest BCUT2D eigenvalue weighted by Gasteiger charge is 2.42. The Bertz CT molecular complexity index is 169. The second-order valence-electron chi connectivity index (χ2n) is 3.03. The Labute approximate surface area is 60.0 Å². The van der Waals surface area contributed by atoms with Crippen LogP contribution in [-0.4, -0.2) is 30.2 Å². The molecule has 0 aromatic heterocycles. The highest BCUT2D eigenvalue weighted by Crippen LogP contribution is 2.31. The third-order valence-electron chi connectivity index (χ3n) is 2.46. The van der Waals surface area contributed by atoms with E-state index in [1.165, 1.54) is 6.42 Å². The van der Waals surface area contributed by atoms with Gasteiger partial charge in [-0.05, 0) is 19.3 Å². The van der Waals surface area contributed by atoms with Crippen LogP contribution in [0.3, 0.4) is 0 Å². The van der Waals surface area contributed by atoms with Crippen LogP contribution in [0.4, 0.5) is 4.79 Å². The lowest BCUT2D eigenvalue weighted by molar-refractivity contribution is 0.132. The van der Waals surface area contributed by atoms with E-state index in [2.05, 4.69) is 0 Å². The van der Waals surface area contributed by atoms with Crippen molar-refractivity contribution in [3.05, 3.63) is 0 Å². The first-order valence-electron chi connectivity index (χ1n) is 3.72. The van der Waals surface area contributed by atoms with Crippen LogP contribution < -0.4 is 0 Å². The Kier molecular flexibility index (Phi) is 1.13. The normalized spacial score (nSPS) is 38.1. The summed E-state index contributed by atoms with van der Waals surface area (Å²) in [7, 11) is 1.82. The summed E-state index contributed by atoms with van der Waals surface area (Å²) in [6, 6.07) is 0.382. The van der Waals surface area contributed by atoms with E-state index >= 15 is 0 Å². The van der Waals surface area contributed by atoms with Gasteiger partial charge in [-0.15, -0.1) is 0 Å². The van der Waals surface area contributed by atoms with Crippen LogP contribution in [0.2, 0.25) is 0 Å². The van der Waals surface area contributed by atoms with E-state index in [4.69, 9.17) is 4.74 Å². The fourth-order valence-electron chi connectivity index (χ4n) is 1.83. The van der Waals surface area contributed by atoms with E-state index in [9.17, 15) is 4.79 Å². The van der Waals surface area contributed by atoms with Crippen LogP contribution in [0.15, 0.2) is 0 Å². The van der Waals surface area contributed by atoms with Crippen molar-refractivity contribution in [2.75, 3.05) is 7.05 Å². The zero-order valence-electron chi connectivity index (χ0n) is 6.04. The van der Waals surface area contributed by atoms with E-state index in [0.29, 0.717) is 6.04 Å². The van der Waals surface area contributed by atoms with Crippen molar-refractivity contribution in [2.24, 2.45) is 0 Å². The predicted molar refractivity (Wildman–Crippen MR) is 35.7 cm³/mol. The number of fused-ring (bicyclic) bond motifs is 1. The molecule has 2 aliphatic rings. The van der Waals surface area contributed by atoms with Crippen molar-refractivity contribution < 1.29 is 9.53 Å². The average molecular weight is 141 g/mol. The first kappa shape index (κ1) is 6.01. The zero-order valence-corrected chi connectivity index (χ0v) is 6.04. The molecular weight excluding hydrogens is 130 g/mol. The van der Waals surface area contributed by atoms with E-state index in [-0.39, 0.29) is 12.2 Å². The van der Waals surface area contributed by atoms with Crippen LogP contribution in [0.5, 0.6) is 0 Å². The van der Waals surface area contributed by atoms with Gasteiger partial charge in [-0.2, -0.15) is 0 Å². The molecule has 0 aromatic carbocycles. The zero-order chi connectivity index (χ0) is 7.14. The number of ether oxygens (including phenoxy) is 1. The van der Waals surface area contributed by atoms with Gasteiger partial charge in [-0.3, -0.25) is 0 Å². The minimum absolute atomic E-state index is 0.144. The van der Waals surface area contributed by atoms with Gasteiger partial charge in [0.1, 0.15) is 6.10 Å². The molecule has 10 heavy (non-hydrogen) atoms. The van der Waals surface area contributed by atoms with Gasteiger partial charge in [-0.25, -0.2) is 4.79 Å². The van der Waals surface area contributed by atoms with Crippen molar-refractivity contribution >= 4 is 6.09 Å². The molecule has 1 saturated carbocycles. The maximum Gasteiger partial charge on any atom is 0.410 e. The second kappa shape index (κ2) is 1.87. The topological polar surface area (TPSA) is 29.5 Å². The lowest BCUT2D eigenvalue weighted by Crippen LogP contribution is -2.29. The molecule has 0 aromatic rings. The van der Waals surface area contributed by atoms with Gasteiger partial charge < -0.3 is 9.64 Å². The van der Waals surface area contributed by atoms with Crippen molar-refractivity contribution in [1.29, 1.82) is 0 Å². The number of rotatable bonds is 0. The number of hydrogen-bond acceptors (Lipinski definition) is 2. The monoisotopic (exact) mass is 141 g/mol. The van der Waals surface area contributed by atoms with Gasteiger partial charge in [0.15, 0.2) is 0 Å². The Morgan fingerprint density at radius 3 is 3.10 bits per heavy atom. The number of amides is 1. The lowest BCUT2D eigenvalue weighted by atomic mass is 10.2. The maximum atomic E-state index is 10.9. The summed E-state index contributed by atoms with van der Waals surface area (Å²) in [5.74, 6) is 0. The molecule has 56 valence electrons. The number of likely N-dealkylation sites (N-methyl/N-ethyl adjacent to an activating group) is 1. The van der Waals surface area contributed by atoms with Crippen molar-refractivity contribution in [3.8, 4) is 0 Å². The first-order valence-corrected chi connectivity index (χ1v) is 3.72. The summed E-state index contributed by atoms with van der Waals surface area (Å²) in [4.78, 5) is 12.6. The molecule has 0 spiro atoms. The number of carbonyl (C=O) groups excluding carboxylic acids is 1. The quantitative estimate of drug-likeness (QED) is 0.503. The highest BCUT2D eigenvalue weighted by atomic mass is 16.6. The lowest BCUT2D eigenvalue weighted by Gasteiger charge is -2.12. The summed E-state index contributed by atoms with van der Waals surface area (Å²) in [5, 5.41) is 0. The Morgan fingerprint density at radius 2 is 2.40 bits per heavy atom. The molecule has 3 nitrogen and oxygen atoms in total. The van der Waals surface area contributed by atoms with Gasteiger partial charge in [0.2, 0.25) is 0 Å². The maximum absolute atomic E-state index is 10.9. The minimum Gasteiger partial charge on any atom is -0.444 e. The van der Waals surface area contributed by atoms with Crippen LogP contribution in [0.1, 0.15) is 19.3 Å². The molecule has 2 rings (SSSR count). The van der Waals surface area contributed by atoms with E-state index in [1.54, 1.807) is 4.90 Å². The summed E-state index contributed by atoms with van der Waals surface area (Å²) in [5.41, 5.74) is 0. The Morgan fingerprint density at radius 1 is 1.60 bits per heavy atom. The Balaban J connectivity index is 2.16. The average Bonchev–Trinajstić information content (AvgIpc) is 2.41. The molecule has 2 unspecified atom stereocenters. The standard InChI is InChI=1S/C7H11NO2/c1-8-5-3-2-4-6(5)10-7(8)9/h5-6H,2-4H2,1H3. The molecule has 2 atom stereocenters. The summed E-state index contributed by atoms with van der Waals surface area (Å²) in [6.07, 6.45) is 3.44. The largest absolute Gasteiger partial charge is 0.444 e. The molecule has 0 N–H and O–H groups in total. The first-order chi connectivity index (χ1) is 4.79. The van der Waals surface area contributed by atoms with Crippen molar-refractivity contribution in [2.45, 2.75) is 31.4 Å². The molecule has 2 fully saturated rings. The number of nitrogens with zero attached hydrogens (tertiary/aromatic N) is 1. The van der Waals surface area contributed by atoms with Crippen LogP contribution >= 0.6 is 0 Å². The number of hydrogen-bond donors (Lipinski definition) is 0. The summed E-state index contributed by atoms with van der Waals surface area (Å²) >= 11 is 0. The Hall–Kier alpha value is -0.730. The summed E-state index contributed by atoms with van der Waals surface area (Å²) < 4.78 is 5.08. The molecule has 1 saturated heterocycles. The van der Waals surface area contributed by atoms with E-state index in [0.717, 1.165) is 12.8 Å². The van der Waals surface area contributed by atoms with Gasteiger partial charge in [0.05, 0.1) is 6.04 Å². The van der Waals surface area contributed by atoms with Crippen molar-refractivity contribution in [1.82, 2.24) is 4.90 Å². The van der Waals surface area contributed by atoms with Gasteiger partial charge >= 0.3 is 6.09 Å². The SMILES string of the molecule is CN1C(=O)OC2CCCC21. The predicted octanol–water partition coefficient (Wildman–Crippen LogP) is 0.990. The van der Waals surface area contributed by atoms with Crippen LogP contribution in [0, 0.1) is 0 Å². The third kappa shape index (κ3) is 0.632. The highest BCUT2D eigenvalue weighted by molar-refractivity contribution is 5.70. The van der Waals surface area contributed by atoms with Crippen LogP contribution in [-0.2, 0) is 4.74 Å². The molecular formula is C7H11NO2. The molecule has 0 radical (unpaired) electrons. The van der Waals surface area contributed by atoms with Crippen molar-refractivity contribution in [3.63, 3.8) is 0 Å². The fraction of sp³-hybridized carbons (Fsp3) is 0.857. The molecule has 1 aliphatic heterocycles. The fourth-order valence-corrected chi connectivity index (χ4v) is 1.83. The smallest absolute Gasteiger partial charge is 0.410 e. The van der Waals surface area contributed by atoms with Crippen LogP contribution in [0.25, 0.3) is 0 Å². The van der Waals surface area contributed by atoms with Gasteiger partial charge in [0, 0.05) is 7.05 Å². The second-order valence-corrected chi connectivity index (χ2v) is 3.03. The third-order valence-corrected chi connectivity index (χ3v) is 2.46. The minimum atomic E-state index is -0.144. The molecule has 3 heteroatoms. The molecule has 1 aliphatic carbocycles. The van der Waals surface area contributed by atoms with Gasteiger partial charge in [-0.1, -0.05) is 0 Å². The number of carbonyl (C=O) groups is 1. The van der Waals surface area contributed by atoms with Gasteiger partial charge in [0.25, 0.3) is 0 Å². The molecule has 0 bridgehead atoms. The molecule has 1 amide bonds. The summed E-state index contributed by atoms with van der Waals surface area (Å²) in [6.45, 7) is 0. The molecule has 1 heterocycles. The van der Waals surface area contributed by atoms with E-state index < -0.39 is 0 Å². The van der Waals surface area contributed by atoms with E-state index in [1.807, 2.05) is 7.05 Å².